The molecule has 21 heavy (non-hydrogen) atoms. The minimum absolute atomic E-state index is 0.155. The number of halogens is 1. The molecule has 0 fully saturated rings. The second kappa shape index (κ2) is 6.08. The summed E-state index contributed by atoms with van der Waals surface area (Å²) in [6.45, 7) is 7.74. The summed E-state index contributed by atoms with van der Waals surface area (Å²) in [5.74, 6) is 1.65. The van der Waals surface area contributed by atoms with Crippen LogP contribution in [0.3, 0.4) is 0 Å². The molecule has 1 heterocycles. The predicted octanol–water partition coefficient (Wildman–Crippen LogP) is 4.19. The molecule has 1 aromatic heterocycles. The largest absolute Gasteiger partial charge is 0.435 e. The van der Waals surface area contributed by atoms with Crippen LogP contribution >= 0.6 is 0 Å². The van der Waals surface area contributed by atoms with Gasteiger partial charge in [0.25, 0.3) is 0 Å². The highest BCUT2D eigenvalue weighted by Crippen LogP contribution is 2.30. The van der Waals surface area contributed by atoms with Gasteiger partial charge in [0.1, 0.15) is 11.6 Å². The molecule has 0 atom stereocenters. The van der Waals surface area contributed by atoms with Crippen molar-refractivity contribution in [1.82, 2.24) is 9.97 Å². The van der Waals surface area contributed by atoms with Gasteiger partial charge in [-0.3, -0.25) is 0 Å². The molecule has 0 aliphatic rings. The van der Waals surface area contributed by atoms with Crippen LogP contribution in [-0.2, 0) is 0 Å². The van der Waals surface area contributed by atoms with E-state index >= 15 is 0 Å². The molecule has 0 amide bonds. The third-order valence-corrected chi connectivity index (χ3v) is 3.16. The topological polar surface area (TPSA) is 47.0 Å². The summed E-state index contributed by atoms with van der Waals surface area (Å²) in [6.07, 6.45) is 0. The molecule has 2 aromatic rings. The van der Waals surface area contributed by atoms with Gasteiger partial charge in [-0.05, 0) is 31.5 Å². The summed E-state index contributed by atoms with van der Waals surface area (Å²) in [7, 11) is 1.79. The van der Waals surface area contributed by atoms with E-state index in [0.717, 1.165) is 11.1 Å². The summed E-state index contributed by atoms with van der Waals surface area (Å²) in [4.78, 5) is 8.84. The molecule has 0 aliphatic carbocycles. The molecular weight excluding hydrogens is 269 g/mol. The van der Waals surface area contributed by atoms with Crippen LogP contribution in [0.1, 0.15) is 36.7 Å². The van der Waals surface area contributed by atoms with Crippen LogP contribution in [0.4, 0.5) is 10.2 Å². The number of rotatable bonds is 4. The quantitative estimate of drug-likeness (QED) is 0.916. The molecule has 0 aliphatic heterocycles. The third kappa shape index (κ3) is 3.29. The van der Waals surface area contributed by atoms with Crippen molar-refractivity contribution in [3.05, 3.63) is 41.0 Å². The van der Waals surface area contributed by atoms with Crippen molar-refractivity contribution < 1.29 is 9.13 Å². The number of nitrogens with zero attached hydrogens (tertiary/aromatic N) is 2. The van der Waals surface area contributed by atoms with E-state index in [1.165, 1.54) is 6.07 Å². The number of anilines is 1. The molecule has 2 rings (SSSR count). The van der Waals surface area contributed by atoms with E-state index in [4.69, 9.17) is 4.74 Å². The first-order valence-corrected chi connectivity index (χ1v) is 6.92. The number of hydrogen-bond acceptors (Lipinski definition) is 4. The molecule has 0 saturated heterocycles. The number of hydrogen-bond donors (Lipinski definition) is 1. The number of nitrogens with one attached hydrogen (secondary N) is 1. The van der Waals surface area contributed by atoms with E-state index in [-0.39, 0.29) is 11.7 Å². The van der Waals surface area contributed by atoms with E-state index in [1.807, 2.05) is 27.7 Å². The lowest BCUT2D eigenvalue weighted by molar-refractivity contribution is 0.420. The highest BCUT2D eigenvalue weighted by Gasteiger charge is 2.15. The third-order valence-electron chi connectivity index (χ3n) is 3.16. The molecule has 4 nitrogen and oxygen atoms in total. The minimum atomic E-state index is -0.407. The lowest BCUT2D eigenvalue weighted by atomic mass is 10.2. The van der Waals surface area contributed by atoms with Gasteiger partial charge in [0, 0.05) is 13.0 Å². The van der Waals surface area contributed by atoms with E-state index in [9.17, 15) is 4.39 Å². The Morgan fingerprint density at radius 1 is 1.19 bits per heavy atom. The highest BCUT2D eigenvalue weighted by atomic mass is 19.1. The van der Waals surface area contributed by atoms with Gasteiger partial charge in [-0.1, -0.05) is 19.9 Å². The van der Waals surface area contributed by atoms with Gasteiger partial charge in [0.2, 0.25) is 5.88 Å². The molecule has 1 aromatic carbocycles. The Morgan fingerprint density at radius 3 is 2.52 bits per heavy atom. The maximum atomic E-state index is 13.8. The van der Waals surface area contributed by atoms with Gasteiger partial charge < -0.3 is 10.1 Å². The molecule has 5 heteroatoms. The Morgan fingerprint density at radius 2 is 1.90 bits per heavy atom. The van der Waals surface area contributed by atoms with Gasteiger partial charge in [-0.2, -0.15) is 4.98 Å². The van der Waals surface area contributed by atoms with Crippen LogP contribution in [0, 0.1) is 19.7 Å². The summed E-state index contributed by atoms with van der Waals surface area (Å²) in [5.41, 5.74) is 1.68. The standard InChI is InChI=1S/C16H20FN3O/c1-9(2)14-19-15(18-5)11(4)16(20-14)21-13-8-10(3)6-7-12(13)17/h6-9H,1-5H3,(H,18,19,20). The summed E-state index contributed by atoms with van der Waals surface area (Å²) in [5, 5.41) is 3.02. The fourth-order valence-corrected chi connectivity index (χ4v) is 1.91. The maximum absolute atomic E-state index is 13.8. The van der Waals surface area contributed by atoms with Crippen LogP contribution in [0.5, 0.6) is 11.6 Å². The van der Waals surface area contributed by atoms with E-state index < -0.39 is 5.82 Å². The van der Waals surface area contributed by atoms with E-state index in [0.29, 0.717) is 17.5 Å². The highest BCUT2D eigenvalue weighted by molar-refractivity contribution is 5.49. The Bertz CT molecular complexity index is 656. The Labute approximate surface area is 124 Å². The van der Waals surface area contributed by atoms with Crippen LogP contribution < -0.4 is 10.1 Å². The van der Waals surface area contributed by atoms with Crippen LogP contribution in [0.25, 0.3) is 0 Å². The number of aryl methyl sites for hydroxylation is 1. The fourth-order valence-electron chi connectivity index (χ4n) is 1.91. The Kier molecular flexibility index (Phi) is 4.40. The summed E-state index contributed by atoms with van der Waals surface area (Å²) in [6, 6.07) is 4.75. The van der Waals surface area contributed by atoms with Crippen molar-refractivity contribution in [2.45, 2.75) is 33.6 Å². The van der Waals surface area contributed by atoms with Crippen molar-refractivity contribution in [2.24, 2.45) is 0 Å². The average Bonchev–Trinajstić information content (AvgIpc) is 2.44. The van der Waals surface area contributed by atoms with Crippen molar-refractivity contribution in [2.75, 3.05) is 12.4 Å². The van der Waals surface area contributed by atoms with Gasteiger partial charge in [-0.25, -0.2) is 9.37 Å². The van der Waals surface area contributed by atoms with Crippen LogP contribution in [0.15, 0.2) is 18.2 Å². The SMILES string of the molecule is CNc1nc(C(C)C)nc(Oc2cc(C)ccc2F)c1C. The van der Waals surface area contributed by atoms with Gasteiger partial charge >= 0.3 is 0 Å². The molecule has 0 unspecified atom stereocenters. The lowest BCUT2D eigenvalue weighted by Gasteiger charge is -2.14. The van der Waals surface area contributed by atoms with Crippen molar-refractivity contribution in [3.63, 3.8) is 0 Å². The number of aromatic nitrogens is 2. The molecule has 0 radical (unpaired) electrons. The zero-order chi connectivity index (χ0) is 15.6. The molecule has 0 saturated carbocycles. The monoisotopic (exact) mass is 289 g/mol. The number of ether oxygens (including phenoxy) is 1. The van der Waals surface area contributed by atoms with Gasteiger partial charge in [0.15, 0.2) is 11.6 Å². The summed E-state index contributed by atoms with van der Waals surface area (Å²) >= 11 is 0. The molecular formula is C16H20FN3O. The molecule has 0 spiro atoms. The number of benzene rings is 1. The van der Waals surface area contributed by atoms with Crippen molar-refractivity contribution in [1.29, 1.82) is 0 Å². The second-order valence-electron chi connectivity index (χ2n) is 5.30. The molecule has 0 bridgehead atoms. The molecule has 1 N–H and O–H groups in total. The van der Waals surface area contributed by atoms with Gasteiger partial charge in [-0.15, -0.1) is 0 Å². The smallest absolute Gasteiger partial charge is 0.227 e. The summed E-state index contributed by atoms with van der Waals surface area (Å²) < 4.78 is 19.5. The fraction of sp³-hybridized carbons (Fsp3) is 0.375. The lowest BCUT2D eigenvalue weighted by Crippen LogP contribution is -2.07. The van der Waals surface area contributed by atoms with E-state index in [2.05, 4.69) is 15.3 Å². The van der Waals surface area contributed by atoms with Crippen molar-refractivity contribution >= 4 is 5.82 Å². The first-order chi connectivity index (χ1) is 9.92. The van der Waals surface area contributed by atoms with Gasteiger partial charge in [0.05, 0.1) is 5.56 Å². The van der Waals surface area contributed by atoms with Crippen molar-refractivity contribution in [3.8, 4) is 11.6 Å². The predicted molar refractivity (Wildman–Crippen MR) is 81.6 cm³/mol. The average molecular weight is 289 g/mol. The van der Waals surface area contributed by atoms with Crippen LogP contribution in [0.2, 0.25) is 0 Å². The Balaban J connectivity index is 2.47. The van der Waals surface area contributed by atoms with Crippen LogP contribution in [-0.4, -0.2) is 17.0 Å². The zero-order valence-electron chi connectivity index (χ0n) is 13.0. The van der Waals surface area contributed by atoms with E-state index in [1.54, 1.807) is 19.2 Å². The maximum Gasteiger partial charge on any atom is 0.227 e. The minimum Gasteiger partial charge on any atom is -0.435 e. The zero-order valence-corrected chi connectivity index (χ0v) is 13.0. The normalized spacial score (nSPS) is 10.8. The molecule has 112 valence electrons. The first-order valence-electron chi connectivity index (χ1n) is 6.92. The second-order valence-corrected chi connectivity index (χ2v) is 5.30. The Hall–Kier alpha value is -2.17. The first kappa shape index (κ1) is 15.2.